The molecule has 2 rings (SSSR count). The SMILES string of the molecule is CCCCCCCCCC(COCCOCCOCCOP(=O)(O)O)Oc1cccc2ccccc12. The monoisotopic (exact) mass is 526 g/mol. The average molecular weight is 527 g/mol. The van der Waals surface area contributed by atoms with Gasteiger partial charge in [-0.1, -0.05) is 81.8 Å². The zero-order chi connectivity index (χ0) is 25.9. The van der Waals surface area contributed by atoms with Gasteiger partial charge in [0, 0.05) is 5.39 Å². The molecule has 0 heterocycles. The number of phosphoric acid groups is 1. The van der Waals surface area contributed by atoms with Crippen LogP contribution in [-0.2, 0) is 23.3 Å². The highest BCUT2D eigenvalue weighted by Gasteiger charge is 2.14. The Kier molecular flexibility index (Phi) is 15.9. The zero-order valence-electron chi connectivity index (χ0n) is 21.5. The zero-order valence-corrected chi connectivity index (χ0v) is 22.4. The summed E-state index contributed by atoms with van der Waals surface area (Å²) in [4.78, 5) is 17.2. The molecule has 0 aliphatic carbocycles. The van der Waals surface area contributed by atoms with Crippen LogP contribution in [0.2, 0.25) is 0 Å². The fraction of sp³-hybridized carbons (Fsp3) is 0.630. The van der Waals surface area contributed by atoms with E-state index in [9.17, 15) is 4.57 Å². The van der Waals surface area contributed by atoms with Crippen molar-refractivity contribution in [1.29, 1.82) is 0 Å². The van der Waals surface area contributed by atoms with Crippen molar-refractivity contribution in [2.24, 2.45) is 0 Å². The molecule has 2 aromatic carbocycles. The standard InChI is InChI=1S/C27H43O8P/c1-2-3-4-5-6-7-8-14-25(35-27-16-11-13-24-12-9-10-15-26(24)27)23-33-20-19-31-17-18-32-21-22-34-36(28,29)30/h9-13,15-16,25H,2-8,14,17-23H2,1H3,(H2,28,29,30). The van der Waals surface area contributed by atoms with E-state index in [1.165, 1.54) is 38.5 Å². The van der Waals surface area contributed by atoms with Crippen LogP contribution < -0.4 is 4.74 Å². The first-order chi connectivity index (χ1) is 17.5. The summed E-state index contributed by atoms with van der Waals surface area (Å²) in [5, 5.41) is 2.27. The Morgan fingerprint density at radius 1 is 0.750 bits per heavy atom. The molecule has 0 aliphatic heterocycles. The molecular formula is C27H43O8P. The number of benzene rings is 2. The van der Waals surface area contributed by atoms with Gasteiger partial charge in [0.15, 0.2) is 0 Å². The van der Waals surface area contributed by atoms with E-state index in [0.717, 1.165) is 29.4 Å². The number of rotatable bonds is 22. The van der Waals surface area contributed by atoms with E-state index in [1.54, 1.807) is 0 Å². The first kappa shape index (κ1) is 30.7. The van der Waals surface area contributed by atoms with Gasteiger partial charge in [-0.15, -0.1) is 0 Å². The van der Waals surface area contributed by atoms with Crippen molar-refractivity contribution in [2.75, 3.05) is 46.2 Å². The number of hydrogen-bond donors (Lipinski definition) is 2. The third-order valence-corrected chi connectivity index (χ3v) is 6.23. The predicted molar refractivity (Wildman–Crippen MR) is 141 cm³/mol. The van der Waals surface area contributed by atoms with Crippen LogP contribution in [0, 0.1) is 0 Å². The number of fused-ring (bicyclic) bond motifs is 1. The molecule has 0 saturated carbocycles. The van der Waals surface area contributed by atoms with Crippen molar-refractivity contribution >= 4 is 18.6 Å². The highest BCUT2D eigenvalue weighted by Crippen LogP contribution is 2.35. The van der Waals surface area contributed by atoms with Crippen LogP contribution in [0.1, 0.15) is 58.3 Å². The van der Waals surface area contributed by atoms with E-state index in [1.807, 2.05) is 24.3 Å². The lowest BCUT2D eigenvalue weighted by Crippen LogP contribution is -2.24. The Labute approximate surface area is 215 Å². The van der Waals surface area contributed by atoms with Crippen LogP contribution >= 0.6 is 7.82 Å². The Bertz CT molecular complexity index is 866. The normalized spacial score (nSPS) is 12.8. The van der Waals surface area contributed by atoms with Gasteiger partial charge in [-0.3, -0.25) is 4.52 Å². The fourth-order valence-corrected chi connectivity index (χ4v) is 4.17. The highest BCUT2D eigenvalue weighted by molar-refractivity contribution is 7.46. The minimum Gasteiger partial charge on any atom is -0.487 e. The lowest BCUT2D eigenvalue weighted by Gasteiger charge is -2.20. The van der Waals surface area contributed by atoms with Gasteiger partial charge in [-0.05, 0) is 24.3 Å². The molecule has 204 valence electrons. The van der Waals surface area contributed by atoms with Crippen LogP contribution in [0.25, 0.3) is 10.8 Å². The van der Waals surface area contributed by atoms with Crippen LogP contribution in [-0.4, -0.2) is 62.1 Å². The van der Waals surface area contributed by atoms with Crippen molar-refractivity contribution in [3.63, 3.8) is 0 Å². The Morgan fingerprint density at radius 2 is 1.36 bits per heavy atom. The second kappa shape index (κ2) is 18.7. The summed E-state index contributed by atoms with van der Waals surface area (Å²) in [5.41, 5.74) is 0. The number of ether oxygens (including phenoxy) is 4. The first-order valence-corrected chi connectivity index (χ1v) is 14.6. The predicted octanol–water partition coefficient (Wildman–Crippen LogP) is 5.89. The van der Waals surface area contributed by atoms with Crippen molar-refractivity contribution in [2.45, 2.75) is 64.4 Å². The second-order valence-corrected chi connectivity index (χ2v) is 9.99. The minimum atomic E-state index is -4.44. The summed E-state index contributed by atoms with van der Waals surface area (Å²) in [6, 6.07) is 14.4. The quantitative estimate of drug-likeness (QED) is 0.145. The maximum atomic E-state index is 10.6. The van der Waals surface area contributed by atoms with E-state index < -0.39 is 7.82 Å². The maximum Gasteiger partial charge on any atom is 0.469 e. The molecule has 1 unspecified atom stereocenters. The third kappa shape index (κ3) is 14.3. The number of hydrogen-bond acceptors (Lipinski definition) is 6. The molecular weight excluding hydrogens is 483 g/mol. The third-order valence-electron chi connectivity index (χ3n) is 5.71. The van der Waals surface area contributed by atoms with E-state index in [2.05, 4.69) is 29.6 Å². The molecule has 0 radical (unpaired) electrons. The largest absolute Gasteiger partial charge is 0.487 e. The van der Waals surface area contributed by atoms with Gasteiger partial charge in [0.25, 0.3) is 0 Å². The molecule has 1 atom stereocenters. The Balaban J connectivity index is 1.68. The van der Waals surface area contributed by atoms with Crippen LogP contribution in [0.5, 0.6) is 5.75 Å². The van der Waals surface area contributed by atoms with Crippen LogP contribution in [0.3, 0.4) is 0 Å². The van der Waals surface area contributed by atoms with E-state index in [4.69, 9.17) is 28.7 Å². The van der Waals surface area contributed by atoms with Gasteiger partial charge in [0.2, 0.25) is 0 Å². The summed E-state index contributed by atoms with van der Waals surface area (Å²) in [6.07, 6.45) is 9.73. The van der Waals surface area contributed by atoms with Gasteiger partial charge in [0.05, 0.1) is 46.2 Å². The molecule has 0 fully saturated rings. The summed E-state index contributed by atoms with van der Waals surface area (Å²) in [6.45, 7) is 4.24. The molecule has 9 heteroatoms. The molecule has 2 N–H and O–H groups in total. The molecule has 0 aliphatic rings. The lowest BCUT2D eigenvalue weighted by molar-refractivity contribution is -0.00935. The van der Waals surface area contributed by atoms with Gasteiger partial charge in [-0.2, -0.15) is 0 Å². The average Bonchev–Trinajstić information content (AvgIpc) is 2.86. The van der Waals surface area contributed by atoms with Gasteiger partial charge in [-0.25, -0.2) is 4.57 Å². The van der Waals surface area contributed by atoms with E-state index >= 15 is 0 Å². The van der Waals surface area contributed by atoms with Crippen LogP contribution in [0.15, 0.2) is 42.5 Å². The number of unbranched alkanes of at least 4 members (excludes halogenated alkanes) is 6. The van der Waals surface area contributed by atoms with Gasteiger partial charge >= 0.3 is 7.82 Å². The van der Waals surface area contributed by atoms with Gasteiger partial charge < -0.3 is 28.7 Å². The lowest BCUT2D eigenvalue weighted by atomic mass is 10.1. The van der Waals surface area contributed by atoms with Crippen molar-refractivity contribution in [1.82, 2.24) is 0 Å². The highest BCUT2D eigenvalue weighted by atomic mass is 31.2. The number of phosphoric ester groups is 1. The maximum absolute atomic E-state index is 10.6. The van der Waals surface area contributed by atoms with E-state index in [0.29, 0.717) is 33.0 Å². The van der Waals surface area contributed by atoms with Crippen molar-refractivity contribution in [3.05, 3.63) is 42.5 Å². The summed E-state index contributed by atoms with van der Waals surface area (Å²) < 4.78 is 37.9. The Hall–Kier alpha value is -1.51. The molecule has 0 aromatic heterocycles. The molecule has 0 bridgehead atoms. The van der Waals surface area contributed by atoms with Crippen molar-refractivity contribution in [3.8, 4) is 5.75 Å². The fourth-order valence-electron chi connectivity index (χ4n) is 3.85. The summed E-state index contributed by atoms with van der Waals surface area (Å²) >= 11 is 0. The second-order valence-electron chi connectivity index (χ2n) is 8.75. The first-order valence-electron chi connectivity index (χ1n) is 13.1. The molecule has 2 aromatic rings. The smallest absolute Gasteiger partial charge is 0.469 e. The molecule has 0 spiro atoms. The molecule has 0 amide bonds. The molecule has 0 saturated heterocycles. The Morgan fingerprint density at radius 3 is 2.08 bits per heavy atom. The van der Waals surface area contributed by atoms with Crippen molar-refractivity contribution < 1.29 is 37.8 Å². The topological polar surface area (TPSA) is 104 Å². The molecule has 36 heavy (non-hydrogen) atoms. The summed E-state index contributed by atoms with van der Waals surface area (Å²) in [5.74, 6) is 0.890. The van der Waals surface area contributed by atoms with Gasteiger partial charge in [0.1, 0.15) is 11.9 Å². The minimum absolute atomic E-state index is 0.0243. The molecule has 8 nitrogen and oxygen atoms in total. The van der Waals surface area contributed by atoms with Crippen LogP contribution in [0.4, 0.5) is 0 Å². The van der Waals surface area contributed by atoms with E-state index in [-0.39, 0.29) is 19.3 Å². The summed E-state index contributed by atoms with van der Waals surface area (Å²) in [7, 11) is -4.44.